The SMILES string of the molecule is CC(=O)OC1CC(C)C(OC(C)=O)C(C)C1C. The van der Waals surface area contributed by atoms with Crippen molar-refractivity contribution in [2.45, 2.75) is 53.2 Å². The molecule has 4 nitrogen and oxygen atoms in total. The number of carbonyl (C=O) groups excluding carboxylic acids is 2. The molecule has 5 unspecified atom stereocenters. The smallest absolute Gasteiger partial charge is 0.302 e. The third-order valence-electron chi connectivity index (χ3n) is 3.72. The molecule has 0 heterocycles. The lowest BCUT2D eigenvalue weighted by Crippen LogP contribution is -2.46. The fourth-order valence-electron chi connectivity index (χ4n) is 2.65. The number of esters is 2. The van der Waals surface area contributed by atoms with Gasteiger partial charge >= 0.3 is 11.9 Å². The lowest BCUT2D eigenvalue weighted by Gasteiger charge is -2.42. The van der Waals surface area contributed by atoms with Gasteiger partial charge in [-0.3, -0.25) is 9.59 Å². The van der Waals surface area contributed by atoms with Gasteiger partial charge in [0.2, 0.25) is 0 Å². The minimum Gasteiger partial charge on any atom is -0.462 e. The Morgan fingerprint density at radius 1 is 0.941 bits per heavy atom. The van der Waals surface area contributed by atoms with Crippen LogP contribution in [0.4, 0.5) is 0 Å². The Morgan fingerprint density at radius 2 is 1.47 bits per heavy atom. The summed E-state index contributed by atoms with van der Waals surface area (Å²) in [6.07, 6.45) is 0.613. The minimum absolute atomic E-state index is 0.0655. The second kappa shape index (κ2) is 5.52. The Hall–Kier alpha value is -1.06. The fourth-order valence-corrected chi connectivity index (χ4v) is 2.65. The van der Waals surface area contributed by atoms with Crippen molar-refractivity contribution in [2.75, 3.05) is 0 Å². The molecule has 17 heavy (non-hydrogen) atoms. The molecule has 0 bridgehead atoms. The van der Waals surface area contributed by atoms with E-state index >= 15 is 0 Å². The molecule has 4 heteroatoms. The molecule has 98 valence electrons. The van der Waals surface area contributed by atoms with Gasteiger partial charge in [0.15, 0.2) is 0 Å². The van der Waals surface area contributed by atoms with Crippen molar-refractivity contribution in [3.63, 3.8) is 0 Å². The molecule has 0 aromatic rings. The normalized spacial score (nSPS) is 37.4. The first-order valence-corrected chi connectivity index (χ1v) is 6.17. The molecule has 0 aromatic heterocycles. The van der Waals surface area contributed by atoms with Crippen LogP contribution in [-0.2, 0) is 19.1 Å². The number of ether oxygens (including phenoxy) is 2. The first kappa shape index (κ1) is 14.0. The van der Waals surface area contributed by atoms with Crippen molar-refractivity contribution >= 4 is 11.9 Å². The molecule has 0 saturated heterocycles. The Labute approximate surface area is 103 Å². The largest absolute Gasteiger partial charge is 0.462 e. The molecule has 5 atom stereocenters. The molecule has 1 saturated carbocycles. The predicted molar refractivity (Wildman–Crippen MR) is 63.2 cm³/mol. The zero-order valence-electron chi connectivity index (χ0n) is 11.2. The molecule has 1 aliphatic carbocycles. The van der Waals surface area contributed by atoms with Gasteiger partial charge < -0.3 is 9.47 Å². The molecule has 1 rings (SSSR count). The lowest BCUT2D eigenvalue weighted by molar-refractivity contribution is -0.170. The predicted octanol–water partition coefficient (Wildman–Crippen LogP) is 2.16. The highest BCUT2D eigenvalue weighted by atomic mass is 16.6. The molecular formula is C13H22O4. The molecule has 0 aliphatic heterocycles. The summed E-state index contributed by atoms with van der Waals surface area (Å²) in [5.41, 5.74) is 0. The summed E-state index contributed by atoms with van der Waals surface area (Å²) in [5.74, 6) is 0.139. The second-order valence-electron chi connectivity index (χ2n) is 5.15. The van der Waals surface area contributed by atoms with Crippen molar-refractivity contribution < 1.29 is 19.1 Å². The van der Waals surface area contributed by atoms with Crippen LogP contribution >= 0.6 is 0 Å². The average molecular weight is 242 g/mol. The Kier molecular flexibility index (Phi) is 4.54. The highest BCUT2D eigenvalue weighted by Gasteiger charge is 2.41. The Balaban J connectivity index is 2.72. The summed E-state index contributed by atoms with van der Waals surface area (Å²) < 4.78 is 10.7. The quantitative estimate of drug-likeness (QED) is 0.696. The third-order valence-corrected chi connectivity index (χ3v) is 3.72. The molecule has 0 aromatic carbocycles. The zero-order valence-corrected chi connectivity index (χ0v) is 11.2. The second-order valence-corrected chi connectivity index (χ2v) is 5.15. The minimum atomic E-state index is -0.244. The number of hydrogen-bond acceptors (Lipinski definition) is 4. The highest BCUT2D eigenvalue weighted by molar-refractivity contribution is 5.66. The summed E-state index contributed by atoms with van der Waals surface area (Å²) in [6.45, 7) is 8.99. The maximum absolute atomic E-state index is 11.1. The van der Waals surface area contributed by atoms with E-state index in [9.17, 15) is 9.59 Å². The van der Waals surface area contributed by atoms with Crippen LogP contribution in [0.1, 0.15) is 41.0 Å². The van der Waals surface area contributed by atoms with E-state index in [1.54, 1.807) is 0 Å². The summed E-state index contributed by atoms with van der Waals surface area (Å²) >= 11 is 0. The first-order chi connectivity index (χ1) is 7.82. The summed E-state index contributed by atoms with van der Waals surface area (Å²) in [5, 5.41) is 0. The molecule has 0 N–H and O–H groups in total. The average Bonchev–Trinajstić information content (AvgIpc) is 2.20. The molecule has 0 amide bonds. The van der Waals surface area contributed by atoms with Crippen LogP contribution in [0.2, 0.25) is 0 Å². The molecule has 0 spiro atoms. The number of carbonyl (C=O) groups is 2. The standard InChI is InChI=1S/C13H22O4/c1-7-6-12(16-10(4)14)8(2)9(3)13(7)17-11(5)15/h7-9,12-13H,6H2,1-5H3. The summed E-state index contributed by atoms with van der Waals surface area (Å²) in [7, 11) is 0. The fraction of sp³-hybridized carbons (Fsp3) is 0.846. The van der Waals surface area contributed by atoms with E-state index in [4.69, 9.17) is 9.47 Å². The van der Waals surface area contributed by atoms with Gasteiger partial charge in [0.25, 0.3) is 0 Å². The van der Waals surface area contributed by atoms with Gasteiger partial charge in [-0.05, 0) is 24.2 Å². The van der Waals surface area contributed by atoms with Crippen LogP contribution in [0.5, 0.6) is 0 Å². The topological polar surface area (TPSA) is 52.6 Å². The van der Waals surface area contributed by atoms with Crippen LogP contribution in [0.15, 0.2) is 0 Å². The zero-order chi connectivity index (χ0) is 13.2. The van der Waals surface area contributed by atoms with Gasteiger partial charge in [0.05, 0.1) is 0 Å². The molecular weight excluding hydrogens is 220 g/mol. The van der Waals surface area contributed by atoms with E-state index in [-0.39, 0.29) is 41.9 Å². The molecule has 1 aliphatic rings. The van der Waals surface area contributed by atoms with Crippen LogP contribution in [-0.4, -0.2) is 24.1 Å². The molecule has 0 radical (unpaired) electrons. The van der Waals surface area contributed by atoms with Gasteiger partial charge in [0, 0.05) is 13.8 Å². The highest BCUT2D eigenvalue weighted by Crippen LogP contribution is 2.37. The van der Waals surface area contributed by atoms with E-state index in [0.717, 1.165) is 6.42 Å². The van der Waals surface area contributed by atoms with E-state index in [2.05, 4.69) is 0 Å². The van der Waals surface area contributed by atoms with Crippen LogP contribution < -0.4 is 0 Å². The van der Waals surface area contributed by atoms with Crippen LogP contribution in [0.3, 0.4) is 0 Å². The van der Waals surface area contributed by atoms with Crippen LogP contribution in [0.25, 0.3) is 0 Å². The van der Waals surface area contributed by atoms with Crippen molar-refractivity contribution in [1.29, 1.82) is 0 Å². The maximum Gasteiger partial charge on any atom is 0.302 e. The molecule has 1 fully saturated rings. The van der Waals surface area contributed by atoms with Gasteiger partial charge in [0.1, 0.15) is 12.2 Å². The number of rotatable bonds is 2. The Bertz CT molecular complexity index is 300. The van der Waals surface area contributed by atoms with E-state index in [1.807, 2.05) is 20.8 Å². The Morgan fingerprint density at radius 3 is 1.94 bits per heavy atom. The van der Waals surface area contributed by atoms with Crippen molar-refractivity contribution in [3.8, 4) is 0 Å². The van der Waals surface area contributed by atoms with Gasteiger partial charge in [-0.1, -0.05) is 20.8 Å². The van der Waals surface area contributed by atoms with Crippen molar-refractivity contribution in [1.82, 2.24) is 0 Å². The monoisotopic (exact) mass is 242 g/mol. The summed E-state index contributed by atoms with van der Waals surface area (Å²) in [6, 6.07) is 0. The van der Waals surface area contributed by atoms with E-state index < -0.39 is 0 Å². The van der Waals surface area contributed by atoms with Crippen LogP contribution in [0, 0.1) is 17.8 Å². The maximum atomic E-state index is 11.1. The first-order valence-electron chi connectivity index (χ1n) is 6.17. The van der Waals surface area contributed by atoms with E-state index in [1.165, 1.54) is 13.8 Å². The van der Waals surface area contributed by atoms with Crippen molar-refractivity contribution in [3.05, 3.63) is 0 Å². The van der Waals surface area contributed by atoms with Crippen molar-refractivity contribution in [2.24, 2.45) is 17.8 Å². The van der Waals surface area contributed by atoms with E-state index in [0.29, 0.717) is 0 Å². The summed E-state index contributed by atoms with van der Waals surface area (Å²) in [4.78, 5) is 22.1. The van der Waals surface area contributed by atoms with Gasteiger partial charge in [-0.15, -0.1) is 0 Å². The van der Waals surface area contributed by atoms with Gasteiger partial charge in [-0.25, -0.2) is 0 Å². The number of hydrogen-bond donors (Lipinski definition) is 0. The van der Waals surface area contributed by atoms with Gasteiger partial charge in [-0.2, -0.15) is 0 Å². The third kappa shape index (κ3) is 3.45. The lowest BCUT2D eigenvalue weighted by atomic mass is 9.72.